The van der Waals surface area contributed by atoms with Gasteiger partial charge >= 0.3 is 0 Å². The maximum Gasteiger partial charge on any atom is 0.0794 e. The van der Waals surface area contributed by atoms with E-state index in [9.17, 15) is 0 Å². The van der Waals surface area contributed by atoms with Gasteiger partial charge in [-0.1, -0.05) is 78.9 Å². The molecule has 0 atom stereocenters. The van der Waals surface area contributed by atoms with Gasteiger partial charge in [0.05, 0.1) is 11.4 Å². The minimum absolute atomic E-state index is 0.774. The number of nitrogens with two attached hydrogens (primary N) is 1. The molecule has 2 N–H and O–H groups in total. The molecule has 0 aliphatic heterocycles. The second-order valence-electron chi connectivity index (χ2n) is 7.92. The van der Waals surface area contributed by atoms with Crippen LogP contribution in [-0.2, 0) is 0 Å². The lowest BCUT2D eigenvalue weighted by Gasteiger charge is -2.07. The Morgan fingerprint density at radius 1 is 0.484 bits per heavy atom. The summed E-state index contributed by atoms with van der Waals surface area (Å²) in [6.45, 7) is 0. The highest BCUT2D eigenvalue weighted by atomic mass is 14.8. The lowest BCUT2D eigenvalue weighted by atomic mass is 9.98. The van der Waals surface area contributed by atoms with Crippen LogP contribution in [0.3, 0.4) is 0 Å². The zero-order valence-corrected chi connectivity index (χ0v) is 16.9. The van der Waals surface area contributed by atoms with E-state index in [-0.39, 0.29) is 0 Å². The zero-order valence-electron chi connectivity index (χ0n) is 16.9. The van der Waals surface area contributed by atoms with Crippen LogP contribution in [0.2, 0.25) is 0 Å². The van der Waals surface area contributed by atoms with E-state index in [2.05, 4.69) is 97.1 Å². The van der Waals surface area contributed by atoms with Gasteiger partial charge in [-0.15, -0.1) is 0 Å². The van der Waals surface area contributed by atoms with Crippen molar-refractivity contribution in [1.82, 2.24) is 0 Å². The van der Waals surface area contributed by atoms with E-state index >= 15 is 0 Å². The van der Waals surface area contributed by atoms with Gasteiger partial charge in [0.1, 0.15) is 0 Å². The Kier molecular flexibility index (Phi) is 3.97. The van der Waals surface area contributed by atoms with Crippen LogP contribution in [0, 0.1) is 0 Å². The zero-order chi connectivity index (χ0) is 20.8. The van der Waals surface area contributed by atoms with E-state index in [0.717, 1.165) is 28.2 Å². The van der Waals surface area contributed by atoms with Crippen molar-refractivity contribution < 1.29 is 0 Å². The molecule has 0 bridgehead atoms. The number of benzene rings is 5. The molecular formula is C29H20N2. The normalized spacial score (nSPS) is 13.4. The van der Waals surface area contributed by atoms with Crippen molar-refractivity contribution in [1.29, 1.82) is 0 Å². The van der Waals surface area contributed by atoms with Crippen LogP contribution in [0.1, 0.15) is 11.1 Å². The molecule has 5 aromatic rings. The highest BCUT2D eigenvalue weighted by Crippen LogP contribution is 2.40. The maximum absolute atomic E-state index is 5.88. The number of hydrogen-bond donors (Lipinski definition) is 1. The molecule has 0 spiro atoms. The Morgan fingerprint density at radius 2 is 1.16 bits per heavy atom. The number of nitrogens with zero attached hydrogens (tertiary/aromatic N) is 1. The average Bonchev–Trinajstić information content (AvgIpc) is 3.12. The molecule has 0 amide bonds. The topological polar surface area (TPSA) is 38.4 Å². The van der Waals surface area contributed by atoms with E-state index in [1.807, 2.05) is 12.1 Å². The number of rotatable bonds is 2. The van der Waals surface area contributed by atoms with Gasteiger partial charge < -0.3 is 5.73 Å². The molecule has 1 aliphatic rings. The second kappa shape index (κ2) is 6.96. The van der Waals surface area contributed by atoms with Gasteiger partial charge in [0.2, 0.25) is 0 Å². The molecule has 31 heavy (non-hydrogen) atoms. The fourth-order valence-electron chi connectivity index (χ4n) is 4.40. The number of hydrogen-bond acceptors (Lipinski definition) is 2. The largest absolute Gasteiger partial charge is 0.399 e. The van der Waals surface area contributed by atoms with E-state index in [1.165, 1.54) is 33.0 Å². The fourth-order valence-corrected chi connectivity index (χ4v) is 4.40. The fraction of sp³-hybridized carbons (Fsp3) is 0. The van der Waals surface area contributed by atoms with Crippen LogP contribution in [-0.4, -0.2) is 5.71 Å². The standard InChI is InChI=1S/C29H20N2/c30-23-13-9-20(10-14-23)22-12-16-26-25-7-3-4-8-27(25)29(28(26)18-22)31-24-15-11-19-5-1-2-6-21(19)17-24/h1-18H,30H2/b31-29+. The molecule has 0 unspecified atom stereocenters. The molecule has 5 aromatic carbocycles. The number of nitrogen functional groups attached to an aromatic ring is 1. The lowest BCUT2D eigenvalue weighted by Crippen LogP contribution is -1.98. The summed E-state index contributed by atoms with van der Waals surface area (Å²) in [6, 6.07) is 38.0. The van der Waals surface area contributed by atoms with Crippen LogP contribution in [0.5, 0.6) is 0 Å². The molecule has 0 aromatic heterocycles. The third-order valence-electron chi connectivity index (χ3n) is 5.97. The van der Waals surface area contributed by atoms with Crippen LogP contribution in [0.4, 0.5) is 11.4 Å². The van der Waals surface area contributed by atoms with Gasteiger partial charge in [-0.05, 0) is 63.4 Å². The third kappa shape index (κ3) is 3.01. The molecule has 6 rings (SSSR count). The average molecular weight is 396 g/mol. The van der Waals surface area contributed by atoms with E-state index in [0.29, 0.717) is 0 Å². The van der Waals surface area contributed by atoms with Crippen molar-refractivity contribution in [3.8, 4) is 22.3 Å². The smallest absolute Gasteiger partial charge is 0.0794 e. The second-order valence-corrected chi connectivity index (χ2v) is 7.92. The Morgan fingerprint density at radius 3 is 2.00 bits per heavy atom. The molecule has 1 aliphatic carbocycles. The summed E-state index contributed by atoms with van der Waals surface area (Å²) in [5, 5.41) is 2.43. The first-order valence-electron chi connectivity index (χ1n) is 10.4. The molecule has 0 fully saturated rings. The van der Waals surface area contributed by atoms with Crippen LogP contribution < -0.4 is 5.73 Å². The summed E-state index contributed by atoms with van der Waals surface area (Å²) in [7, 11) is 0. The van der Waals surface area contributed by atoms with Crippen molar-refractivity contribution in [3.05, 3.63) is 120 Å². The molecular weight excluding hydrogens is 376 g/mol. The predicted octanol–water partition coefficient (Wildman–Crippen LogP) is 7.24. The molecule has 0 heterocycles. The Hall–Kier alpha value is -4.17. The maximum atomic E-state index is 5.88. The van der Waals surface area contributed by atoms with Crippen molar-refractivity contribution in [2.75, 3.05) is 5.73 Å². The summed E-state index contributed by atoms with van der Waals surface area (Å²) in [6.07, 6.45) is 0. The first kappa shape index (κ1) is 17.7. The summed E-state index contributed by atoms with van der Waals surface area (Å²) >= 11 is 0. The van der Waals surface area contributed by atoms with Gasteiger partial charge in [-0.2, -0.15) is 0 Å². The summed E-state index contributed by atoms with van der Waals surface area (Å²) in [5.41, 5.74) is 15.8. The number of fused-ring (bicyclic) bond motifs is 4. The lowest BCUT2D eigenvalue weighted by molar-refractivity contribution is 1.52. The van der Waals surface area contributed by atoms with Gasteiger partial charge in [0.25, 0.3) is 0 Å². The minimum Gasteiger partial charge on any atom is -0.399 e. The minimum atomic E-state index is 0.774. The van der Waals surface area contributed by atoms with E-state index < -0.39 is 0 Å². The summed E-state index contributed by atoms with van der Waals surface area (Å²) in [4.78, 5) is 5.14. The van der Waals surface area contributed by atoms with Gasteiger partial charge in [0.15, 0.2) is 0 Å². The third-order valence-corrected chi connectivity index (χ3v) is 5.97. The SMILES string of the molecule is Nc1ccc(-c2ccc3c(c2)/C(=N/c2ccc4ccccc4c2)c2ccccc2-3)cc1. The predicted molar refractivity (Wildman–Crippen MR) is 131 cm³/mol. The molecule has 0 radical (unpaired) electrons. The van der Waals surface area contributed by atoms with Crippen molar-refractivity contribution >= 4 is 27.9 Å². The number of anilines is 1. The van der Waals surface area contributed by atoms with Gasteiger partial charge in [-0.3, -0.25) is 0 Å². The van der Waals surface area contributed by atoms with Crippen molar-refractivity contribution in [3.63, 3.8) is 0 Å². The first-order valence-corrected chi connectivity index (χ1v) is 10.4. The quantitative estimate of drug-likeness (QED) is 0.308. The summed E-state index contributed by atoms with van der Waals surface area (Å²) in [5.74, 6) is 0. The molecule has 2 heteroatoms. The molecule has 146 valence electrons. The van der Waals surface area contributed by atoms with Crippen LogP contribution >= 0.6 is 0 Å². The van der Waals surface area contributed by atoms with Crippen molar-refractivity contribution in [2.24, 2.45) is 4.99 Å². The Bertz CT molecular complexity index is 1480. The Balaban J connectivity index is 1.54. The molecule has 0 saturated carbocycles. The molecule has 0 saturated heterocycles. The highest BCUT2D eigenvalue weighted by molar-refractivity contribution is 6.25. The van der Waals surface area contributed by atoms with Crippen LogP contribution in [0.15, 0.2) is 114 Å². The first-order chi connectivity index (χ1) is 15.3. The van der Waals surface area contributed by atoms with Crippen molar-refractivity contribution in [2.45, 2.75) is 0 Å². The van der Waals surface area contributed by atoms with Gasteiger partial charge in [0, 0.05) is 16.8 Å². The summed E-state index contributed by atoms with van der Waals surface area (Å²) < 4.78 is 0. The van der Waals surface area contributed by atoms with Gasteiger partial charge in [-0.25, -0.2) is 4.99 Å². The van der Waals surface area contributed by atoms with Crippen LogP contribution in [0.25, 0.3) is 33.0 Å². The van der Waals surface area contributed by atoms with E-state index in [4.69, 9.17) is 10.7 Å². The molecule has 2 nitrogen and oxygen atoms in total. The monoisotopic (exact) mass is 396 g/mol. The Labute approximate surface area is 181 Å². The highest BCUT2D eigenvalue weighted by Gasteiger charge is 2.25. The van der Waals surface area contributed by atoms with E-state index in [1.54, 1.807) is 0 Å². The number of aliphatic imine (C=N–C) groups is 1.